The molecule has 0 aliphatic carbocycles. The normalized spacial score (nSPS) is 17.7. The van der Waals surface area contributed by atoms with Crippen molar-refractivity contribution in [2.45, 2.75) is 12.6 Å². The number of aliphatic hydroxyl groups is 1. The maximum atomic E-state index is 13.1. The Morgan fingerprint density at radius 1 is 1.03 bits per heavy atom. The topological polar surface area (TPSA) is 89.2 Å². The van der Waals surface area contributed by atoms with Crippen LogP contribution in [0.2, 0.25) is 0 Å². The Morgan fingerprint density at radius 3 is 2.45 bits per heavy atom. The van der Waals surface area contributed by atoms with Crippen LogP contribution in [-0.2, 0) is 16.1 Å². The number of carbonyl (C=O) groups excluding carboxylic acids is 2. The lowest BCUT2D eigenvalue weighted by Crippen LogP contribution is -2.29. The Bertz CT molecular complexity index is 1130. The number of carbonyl (C=O) groups is 2. The highest BCUT2D eigenvalue weighted by atomic mass is 16.5. The van der Waals surface area contributed by atoms with Gasteiger partial charge in [-0.05, 0) is 30.3 Å². The number of hydrogen-bond donors (Lipinski definition) is 1. The van der Waals surface area contributed by atoms with Crippen molar-refractivity contribution in [2.75, 3.05) is 14.2 Å². The summed E-state index contributed by atoms with van der Waals surface area (Å²) in [4.78, 5) is 27.5. The number of ether oxygens (including phenoxy) is 2. The molecule has 158 valence electrons. The van der Waals surface area contributed by atoms with Crippen LogP contribution in [0.5, 0.6) is 11.5 Å². The second-order valence-electron chi connectivity index (χ2n) is 6.98. The molecule has 3 aromatic rings. The number of nitrogens with zero attached hydrogens (tertiary/aromatic N) is 1. The summed E-state index contributed by atoms with van der Waals surface area (Å²) in [6, 6.07) is 16.3. The van der Waals surface area contributed by atoms with E-state index in [2.05, 4.69) is 0 Å². The van der Waals surface area contributed by atoms with Crippen LogP contribution < -0.4 is 9.47 Å². The highest BCUT2D eigenvalue weighted by molar-refractivity contribution is 6.46. The highest BCUT2D eigenvalue weighted by Crippen LogP contribution is 2.44. The van der Waals surface area contributed by atoms with Crippen LogP contribution in [0.25, 0.3) is 5.76 Å². The van der Waals surface area contributed by atoms with E-state index in [1.807, 2.05) is 0 Å². The van der Waals surface area contributed by atoms with Gasteiger partial charge in [0.1, 0.15) is 23.0 Å². The third kappa shape index (κ3) is 3.66. The number of hydrogen-bond acceptors (Lipinski definition) is 6. The third-order valence-electron chi connectivity index (χ3n) is 5.22. The molecular weight excluding hydrogens is 398 g/mol. The van der Waals surface area contributed by atoms with Gasteiger partial charge in [-0.15, -0.1) is 0 Å². The van der Waals surface area contributed by atoms with Gasteiger partial charge in [0.25, 0.3) is 11.7 Å². The lowest BCUT2D eigenvalue weighted by molar-refractivity contribution is -0.140. The minimum atomic E-state index is -0.893. The molecule has 2 heterocycles. The molecule has 1 fully saturated rings. The van der Waals surface area contributed by atoms with Crippen molar-refractivity contribution in [3.05, 3.63) is 89.4 Å². The van der Waals surface area contributed by atoms with E-state index >= 15 is 0 Å². The van der Waals surface area contributed by atoms with Crippen LogP contribution in [0.15, 0.2) is 76.9 Å². The number of likely N-dealkylation sites (tertiary alicyclic amines) is 1. The van der Waals surface area contributed by atoms with E-state index in [4.69, 9.17) is 13.9 Å². The van der Waals surface area contributed by atoms with Gasteiger partial charge < -0.3 is 23.9 Å². The lowest BCUT2D eigenvalue weighted by atomic mass is 9.94. The number of amides is 1. The van der Waals surface area contributed by atoms with Crippen LogP contribution in [0.3, 0.4) is 0 Å². The average molecular weight is 419 g/mol. The first kappa shape index (κ1) is 20.3. The SMILES string of the molecule is COc1ccc(OC)c([C@@H]2C(=C(O)c3ccccc3)C(=O)C(=O)N2Cc2ccco2)c1. The van der Waals surface area contributed by atoms with Gasteiger partial charge >= 0.3 is 0 Å². The predicted octanol–water partition coefficient (Wildman–Crippen LogP) is 3.92. The first-order chi connectivity index (χ1) is 15.0. The van der Waals surface area contributed by atoms with Gasteiger partial charge in [0.05, 0.1) is 38.6 Å². The largest absolute Gasteiger partial charge is 0.507 e. The molecule has 1 saturated heterocycles. The van der Waals surface area contributed by atoms with Crippen molar-refractivity contribution < 1.29 is 28.6 Å². The van der Waals surface area contributed by atoms with Crippen LogP contribution in [-0.4, -0.2) is 35.9 Å². The summed E-state index contributed by atoms with van der Waals surface area (Å²) in [6.45, 7) is 0.0498. The zero-order valence-corrected chi connectivity index (χ0v) is 17.1. The number of benzene rings is 2. The summed E-state index contributed by atoms with van der Waals surface area (Å²) in [6.07, 6.45) is 1.50. The molecule has 1 amide bonds. The van der Waals surface area contributed by atoms with Crippen LogP contribution in [0.4, 0.5) is 0 Å². The van der Waals surface area contributed by atoms with E-state index in [-0.39, 0.29) is 17.9 Å². The second-order valence-corrected chi connectivity index (χ2v) is 6.98. The molecule has 0 unspecified atom stereocenters. The van der Waals surface area contributed by atoms with E-state index in [0.29, 0.717) is 28.4 Å². The fourth-order valence-electron chi connectivity index (χ4n) is 3.74. The average Bonchev–Trinajstić information content (AvgIpc) is 3.41. The molecule has 1 aliphatic rings. The third-order valence-corrected chi connectivity index (χ3v) is 5.22. The number of rotatable bonds is 6. The zero-order valence-electron chi connectivity index (χ0n) is 17.1. The van der Waals surface area contributed by atoms with Gasteiger partial charge in [-0.25, -0.2) is 0 Å². The number of ketones is 1. The summed E-state index contributed by atoms with van der Waals surface area (Å²) in [5.41, 5.74) is 0.935. The smallest absolute Gasteiger partial charge is 0.296 e. The number of furan rings is 1. The van der Waals surface area contributed by atoms with E-state index < -0.39 is 17.7 Å². The Kier molecular flexibility index (Phi) is 5.49. The summed E-state index contributed by atoms with van der Waals surface area (Å²) in [5, 5.41) is 11.1. The van der Waals surface area contributed by atoms with Crippen molar-refractivity contribution >= 4 is 17.4 Å². The summed E-state index contributed by atoms with van der Waals surface area (Å²) in [5.74, 6) is -0.272. The molecule has 1 aromatic heterocycles. The van der Waals surface area contributed by atoms with E-state index in [0.717, 1.165) is 0 Å². The zero-order chi connectivity index (χ0) is 22.0. The summed E-state index contributed by atoms with van der Waals surface area (Å²) < 4.78 is 16.3. The van der Waals surface area contributed by atoms with Gasteiger partial charge in [0.2, 0.25) is 0 Å². The molecule has 7 heteroatoms. The minimum Gasteiger partial charge on any atom is -0.507 e. The van der Waals surface area contributed by atoms with Crippen LogP contribution in [0, 0.1) is 0 Å². The lowest BCUT2D eigenvalue weighted by Gasteiger charge is -2.26. The first-order valence-corrected chi connectivity index (χ1v) is 9.63. The number of methoxy groups -OCH3 is 2. The summed E-state index contributed by atoms with van der Waals surface area (Å²) in [7, 11) is 3.02. The first-order valence-electron chi connectivity index (χ1n) is 9.63. The van der Waals surface area contributed by atoms with Crippen LogP contribution in [0.1, 0.15) is 22.9 Å². The molecule has 1 N–H and O–H groups in total. The molecule has 0 bridgehead atoms. The van der Waals surface area contributed by atoms with E-state index in [9.17, 15) is 14.7 Å². The molecule has 2 aromatic carbocycles. The molecule has 7 nitrogen and oxygen atoms in total. The van der Waals surface area contributed by atoms with Crippen LogP contribution >= 0.6 is 0 Å². The molecule has 0 radical (unpaired) electrons. The molecule has 0 spiro atoms. The van der Waals surface area contributed by atoms with Crippen molar-refractivity contribution in [1.29, 1.82) is 0 Å². The minimum absolute atomic E-state index is 0.0192. The Hall–Kier alpha value is -4.00. The molecule has 31 heavy (non-hydrogen) atoms. The molecule has 4 rings (SSSR count). The maximum absolute atomic E-state index is 13.1. The Morgan fingerprint density at radius 2 is 1.81 bits per heavy atom. The fourth-order valence-corrected chi connectivity index (χ4v) is 3.74. The maximum Gasteiger partial charge on any atom is 0.296 e. The number of Topliss-reactive ketones (excluding diaryl/α,β-unsaturated/α-hetero) is 1. The monoisotopic (exact) mass is 419 g/mol. The predicted molar refractivity (Wildman–Crippen MR) is 113 cm³/mol. The standard InChI is InChI=1S/C24H21NO6/c1-29-16-10-11-19(30-2)18(13-16)21-20(22(26)15-7-4-3-5-8-15)23(27)24(28)25(21)14-17-9-6-12-31-17/h3-13,21,26H,14H2,1-2H3/t21-/m1/s1. The van der Waals surface area contributed by atoms with Gasteiger partial charge in [0, 0.05) is 11.1 Å². The van der Waals surface area contributed by atoms with Gasteiger partial charge in [-0.3, -0.25) is 9.59 Å². The Labute approximate surface area is 179 Å². The highest BCUT2D eigenvalue weighted by Gasteiger charge is 2.47. The Balaban J connectivity index is 1.94. The molecule has 1 aliphatic heterocycles. The van der Waals surface area contributed by atoms with Crippen molar-refractivity contribution in [1.82, 2.24) is 4.90 Å². The fraction of sp³-hybridized carbons (Fsp3) is 0.167. The molecule has 1 atom stereocenters. The van der Waals surface area contributed by atoms with E-state index in [1.165, 1.54) is 25.4 Å². The number of aliphatic hydroxyl groups excluding tert-OH is 1. The van der Waals surface area contributed by atoms with E-state index in [1.54, 1.807) is 60.7 Å². The van der Waals surface area contributed by atoms with Gasteiger partial charge in [-0.1, -0.05) is 30.3 Å². The van der Waals surface area contributed by atoms with Crippen molar-refractivity contribution in [3.8, 4) is 11.5 Å². The molecular formula is C24H21NO6. The van der Waals surface area contributed by atoms with Gasteiger partial charge in [0.15, 0.2) is 0 Å². The molecule has 0 saturated carbocycles. The van der Waals surface area contributed by atoms with Gasteiger partial charge in [-0.2, -0.15) is 0 Å². The quantitative estimate of drug-likeness (QED) is 0.370. The second kappa shape index (κ2) is 8.39. The summed E-state index contributed by atoms with van der Waals surface area (Å²) >= 11 is 0. The van der Waals surface area contributed by atoms with Crippen molar-refractivity contribution in [3.63, 3.8) is 0 Å². The van der Waals surface area contributed by atoms with Crippen molar-refractivity contribution in [2.24, 2.45) is 0 Å².